The Labute approximate surface area is 325 Å². The summed E-state index contributed by atoms with van der Waals surface area (Å²) in [5.41, 5.74) is 0. The topological polar surface area (TPSA) is 210 Å². The Hall–Kier alpha value is -1.15. The predicted molar refractivity (Wildman–Crippen MR) is 208 cm³/mol. The molecule has 1 aliphatic rings. The Morgan fingerprint density at radius 1 is 0.500 bits per heavy atom. The van der Waals surface area contributed by atoms with Crippen molar-refractivity contribution < 1.29 is 63.1 Å². The van der Waals surface area contributed by atoms with Gasteiger partial charge in [0.2, 0.25) is 0 Å². The van der Waals surface area contributed by atoms with Gasteiger partial charge in [-0.3, -0.25) is 18.6 Å². The zero-order valence-corrected chi connectivity index (χ0v) is 34.4. The third kappa shape index (κ3) is 24.5. The minimum atomic E-state index is -5.08. The number of ether oxygens (including phenoxy) is 2. The summed E-state index contributed by atoms with van der Waals surface area (Å²) in [5.74, 6) is -1.15. The lowest BCUT2D eigenvalue weighted by molar-refractivity contribution is -0.220. The highest BCUT2D eigenvalue weighted by Gasteiger charge is 2.51. The molecular formula is C40H77O13P. The number of phosphoric acid groups is 1. The van der Waals surface area contributed by atoms with Crippen LogP contribution in [0.1, 0.15) is 187 Å². The van der Waals surface area contributed by atoms with E-state index in [4.69, 9.17) is 18.5 Å². The highest BCUT2D eigenvalue weighted by Crippen LogP contribution is 2.47. The molecule has 1 aliphatic carbocycles. The van der Waals surface area contributed by atoms with E-state index >= 15 is 0 Å². The van der Waals surface area contributed by atoms with Crippen LogP contribution in [0.15, 0.2) is 0 Å². The second-order valence-corrected chi connectivity index (χ2v) is 16.6. The molecule has 0 aliphatic heterocycles. The van der Waals surface area contributed by atoms with Gasteiger partial charge in [0.25, 0.3) is 0 Å². The first-order valence-corrected chi connectivity index (χ1v) is 22.8. The SMILES string of the molecule is CCCCCCCCCCCCCCCCCCCCCCCCCCC(=O)OC(COC(=O)CCC)COP(=O)(O)OC1C(O)C(O)C(O)C(O)C1O. The van der Waals surface area contributed by atoms with E-state index in [0.29, 0.717) is 12.8 Å². The van der Waals surface area contributed by atoms with Crippen molar-refractivity contribution in [1.29, 1.82) is 0 Å². The highest BCUT2D eigenvalue weighted by atomic mass is 31.2. The Morgan fingerprint density at radius 2 is 0.870 bits per heavy atom. The van der Waals surface area contributed by atoms with Gasteiger partial charge >= 0.3 is 19.8 Å². The molecule has 0 spiro atoms. The smallest absolute Gasteiger partial charge is 0.462 e. The summed E-state index contributed by atoms with van der Waals surface area (Å²) in [5, 5.41) is 49.6. The van der Waals surface area contributed by atoms with Crippen LogP contribution in [0.25, 0.3) is 0 Å². The lowest BCUT2D eigenvalue weighted by atomic mass is 9.85. The highest BCUT2D eigenvalue weighted by molar-refractivity contribution is 7.47. The molecule has 0 bridgehead atoms. The van der Waals surface area contributed by atoms with E-state index in [9.17, 15) is 44.6 Å². The Morgan fingerprint density at radius 3 is 1.26 bits per heavy atom. The van der Waals surface area contributed by atoms with Crippen molar-refractivity contribution in [3.05, 3.63) is 0 Å². The number of hydrogen-bond donors (Lipinski definition) is 6. The van der Waals surface area contributed by atoms with Crippen LogP contribution in [0, 0.1) is 0 Å². The maximum Gasteiger partial charge on any atom is 0.472 e. The van der Waals surface area contributed by atoms with Gasteiger partial charge in [-0.2, -0.15) is 0 Å². The average Bonchev–Trinajstić information content (AvgIpc) is 3.14. The third-order valence-corrected chi connectivity index (χ3v) is 11.2. The minimum Gasteiger partial charge on any atom is -0.462 e. The zero-order chi connectivity index (χ0) is 40.0. The molecular weight excluding hydrogens is 719 g/mol. The number of esters is 2. The Kier molecular flexibility index (Phi) is 30.0. The fourth-order valence-electron chi connectivity index (χ4n) is 6.74. The van der Waals surface area contributed by atoms with E-state index in [1.165, 1.54) is 128 Å². The number of aliphatic hydroxyl groups is 5. The van der Waals surface area contributed by atoms with Gasteiger partial charge in [-0.05, 0) is 12.8 Å². The van der Waals surface area contributed by atoms with E-state index in [-0.39, 0.29) is 12.8 Å². The summed E-state index contributed by atoms with van der Waals surface area (Å²) in [4.78, 5) is 34.6. The zero-order valence-electron chi connectivity index (χ0n) is 33.5. The van der Waals surface area contributed by atoms with Crippen molar-refractivity contribution in [2.24, 2.45) is 0 Å². The van der Waals surface area contributed by atoms with Crippen molar-refractivity contribution in [2.45, 2.75) is 230 Å². The molecule has 0 aromatic carbocycles. The van der Waals surface area contributed by atoms with E-state index in [2.05, 4.69) is 6.92 Å². The number of rotatable bonds is 35. The second-order valence-electron chi connectivity index (χ2n) is 15.2. The van der Waals surface area contributed by atoms with E-state index in [0.717, 1.165) is 19.3 Å². The molecule has 0 amide bonds. The maximum absolute atomic E-state index is 12.6. The molecule has 0 aromatic heterocycles. The first kappa shape index (κ1) is 50.9. The van der Waals surface area contributed by atoms with Crippen LogP contribution in [0.5, 0.6) is 0 Å². The van der Waals surface area contributed by atoms with Crippen LogP contribution in [-0.2, 0) is 32.7 Å². The molecule has 0 radical (unpaired) electrons. The van der Waals surface area contributed by atoms with Crippen LogP contribution < -0.4 is 0 Å². The fraction of sp³-hybridized carbons (Fsp3) is 0.950. The van der Waals surface area contributed by atoms with E-state index < -0.39 is 75.7 Å². The second kappa shape index (κ2) is 31.9. The van der Waals surface area contributed by atoms with Gasteiger partial charge < -0.3 is 39.9 Å². The fourth-order valence-corrected chi connectivity index (χ4v) is 7.71. The molecule has 1 saturated carbocycles. The first-order chi connectivity index (χ1) is 25.9. The molecule has 1 rings (SSSR count). The van der Waals surface area contributed by atoms with Gasteiger partial charge in [0.05, 0.1) is 6.61 Å². The summed E-state index contributed by atoms with van der Waals surface area (Å²) >= 11 is 0. The molecule has 6 N–H and O–H groups in total. The molecule has 6 atom stereocenters. The van der Waals surface area contributed by atoms with Crippen LogP contribution in [0.4, 0.5) is 0 Å². The van der Waals surface area contributed by atoms with Crippen molar-refractivity contribution in [3.8, 4) is 0 Å². The molecule has 0 saturated heterocycles. The lowest BCUT2D eigenvalue weighted by Gasteiger charge is -2.41. The van der Waals surface area contributed by atoms with Gasteiger partial charge in [0, 0.05) is 12.8 Å². The minimum absolute atomic E-state index is 0.102. The van der Waals surface area contributed by atoms with Gasteiger partial charge in [-0.15, -0.1) is 0 Å². The summed E-state index contributed by atoms with van der Waals surface area (Å²) in [6, 6.07) is 0. The Bertz CT molecular complexity index is 969. The van der Waals surface area contributed by atoms with Crippen LogP contribution in [0.2, 0.25) is 0 Å². The predicted octanol–water partition coefficient (Wildman–Crippen LogP) is 7.33. The quantitative estimate of drug-likeness (QED) is 0.0211. The Balaban J connectivity index is 2.16. The molecule has 1 fully saturated rings. The monoisotopic (exact) mass is 797 g/mol. The largest absolute Gasteiger partial charge is 0.472 e. The first-order valence-electron chi connectivity index (χ1n) is 21.3. The summed E-state index contributed by atoms with van der Waals surface area (Å²) < 4.78 is 32.8. The normalized spacial score (nSPS) is 23.2. The number of phosphoric ester groups is 1. The number of carbonyl (C=O) groups excluding carboxylic acids is 2. The summed E-state index contributed by atoms with van der Waals surface area (Å²) in [6.07, 6.45) is 18.3. The van der Waals surface area contributed by atoms with Gasteiger partial charge in [0.1, 0.15) is 43.2 Å². The van der Waals surface area contributed by atoms with E-state index in [1.807, 2.05) is 0 Å². The van der Waals surface area contributed by atoms with Crippen LogP contribution in [0.3, 0.4) is 0 Å². The average molecular weight is 797 g/mol. The number of carbonyl (C=O) groups is 2. The molecule has 0 aromatic rings. The molecule has 0 heterocycles. The van der Waals surface area contributed by atoms with Crippen molar-refractivity contribution in [2.75, 3.05) is 13.2 Å². The maximum atomic E-state index is 12.6. The summed E-state index contributed by atoms with van der Waals surface area (Å²) in [7, 11) is -5.08. The van der Waals surface area contributed by atoms with Crippen molar-refractivity contribution in [3.63, 3.8) is 0 Å². The summed E-state index contributed by atoms with van der Waals surface area (Å²) in [6.45, 7) is 2.88. The molecule has 14 heteroatoms. The molecule has 54 heavy (non-hydrogen) atoms. The van der Waals surface area contributed by atoms with Gasteiger partial charge in [0.15, 0.2) is 6.10 Å². The molecule has 13 nitrogen and oxygen atoms in total. The van der Waals surface area contributed by atoms with Gasteiger partial charge in [-0.25, -0.2) is 4.57 Å². The number of aliphatic hydroxyl groups excluding tert-OH is 5. The molecule has 320 valence electrons. The van der Waals surface area contributed by atoms with E-state index in [1.54, 1.807) is 6.92 Å². The van der Waals surface area contributed by atoms with Crippen LogP contribution in [-0.4, -0.2) is 98.3 Å². The molecule has 6 unspecified atom stereocenters. The lowest BCUT2D eigenvalue weighted by Crippen LogP contribution is -2.64. The van der Waals surface area contributed by atoms with Crippen LogP contribution >= 0.6 is 7.82 Å². The van der Waals surface area contributed by atoms with Gasteiger partial charge in [-0.1, -0.05) is 162 Å². The van der Waals surface area contributed by atoms with Crippen molar-refractivity contribution in [1.82, 2.24) is 0 Å². The number of unbranched alkanes of at least 4 members (excludes halogenated alkanes) is 23. The van der Waals surface area contributed by atoms with Crippen molar-refractivity contribution >= 4 is 19.8 Å². The standard InChI is InChI=1S/C40H77O13P/c1-3-5-6-7-8-9-10-11-12-13-14-15-16-17-18-19-20-21-22-23-24-25-26-27-29-34(42)52-32(30-50-33(41)28-4-2)31-51-54(48,49)53-40-38(46)36(44)35(43)37(45)39(40)47/h32,35-40,43-47H,3-31H2,1-2H3,(H,48,49). The third-order valence-electron chi connectivity index (χ3n) is 10.2. The number of hydrogen-bond acceptors (Lipinski definition) is 12.